The highest BCUT2D eigenvalue weighted by Crippen LogP contribution is 2.35. The highest BCUT2D eigenvalue weighted by atomic mass is 16.5. The van der Waals surface area contributed by atoms with Gasteiger partial charge in [-0.15, -0.1) is 10.2 Å². The second-order valence-electron chi connectivity index (χ2n) is 5.74. The maximum Gasteiger partial charge on any atom is 0.331 e. The molecule has 4 aromatic rings. The van der Waals surface area contributed by atoms with E-state index in [0.29, 0.717) is 22.4 Å². The molecule has 2 aromatic heterocycles. The number of aromatic nitrogens is 1. The van der Waals surface area contributed by atoms with E-state index in [1.165, 1.54) is 6.07 Å². The first-order valence-corrected chi connectivity index (χ1v) is 8.23. The summed E-state index contributed by atoms with van der Waals surface area (Å²) in [6.07, 6.45) is 0. The van der Waals surface area contributed by atoms with Gasteiger partial charge < -0.3 is 19.2 Å². The molecule has 27 heavy (non-hydrogen) atoms. The molecule has 0 bridgehead atoms. The molecule has 0 fully saturated rings. The largest absolute Gasteiger partial charge is 0.493 e. The van der Waals surface area contributed by atoms with Crippen LogP contribution in [0.15, 0.2) is 81.4 Å². The summed E-state index contributed by atoms with van der Waals surface area (Å²) in [5, 5.41) is 18.1. The van der Waals surface area contributed by atoms with Crippen molar-refractivity contribution in [2.75, 3.05) is 0 Å². The second-order valence-corrected chi connectivity index (χ2v) is 5.74. The predicted octanol–water partition coefficient (Wildman–Crippen LogP) is 4.97. The molecule has 0 aliphatic carbocycles. The number of amides is 1. The molecule has 2 aromatic carbocycles. The average Bonchev–Trinajstić information content (AvgIpc) is 3.29. The van der Waals surface area contributed by atoms with Crippen molar-refractivity contribution in [2.24, 2.45) is 10.2 Å². The maximum absolute atomic E-state index is 12.2. The number of carbonyl (C=O) groups excluding carboxylic acids is 1. The minimum atomic E-state index is -0.648. The Morgan fingerprint density at radius 2 is 1.81 bits per heavy atom. The third-order valence-corrected chi connectivity index (χ3v) is 3.90. The van der Waals surface area contributed by atoms with Crippen LogP contribution in [0.1, 0.15) is 16.3 Å². The lowest BCUT2D eigenvalue weighted by atomic mass is 10.2. The molecule has 7 heteroatoms. The number of hydrogen-bond donors (Lipinski definition) is 2. The van der Waals surface area contributed by atoms with Crippen LogP contribution < -0.4 is 4.74 Å². The number of aromatic hydroxyl groups is 1. The quantitative estimate of drug-likeness (QED) is 0.490. The molecule has 0 spiro atoms. The number of hydrogen-bond acceptors (Lipinski definition) is 5. The summed E-state index contributed by atoms with van der Waals surface area (Å²) in [5.74, 6) is 0.447. The van der Waals surface area contributed by atoms with Gasteiger partial charge in [0.25, 0.3) is 0 Å². The highest BCUT2D eigenvalue weighted by molar-refractivity contribution is 5.95. The number of nitrogens with zero attached hydrogens (tertiary/aromatic N) is 2. The fourth-order valence-electron chi connectivity index (χ4n) is 2.60. The Labute approximate surface area is 153 Å². The topological polar surface area (TPSA) is 100 Å². The zero-order valence-corrected chi connectivity index (χ0v) is 14.1. The number of carbonyl (C=O) groups is 1. The molecule has 4 rings (SSSR count). The molecule has 0 aliphatic heterocycles. The van der Waals surface area contributed by atoms with Crippen LogP contribution in [0.25, 0.3) is 10.9 Å². The van der Waals surface area contributed by atoms with Crippen LogP contribution >= 0.6 is 0 Å². The molecule has 0 atom stereocenters. The zero-order chi connectivity index (χ0) is 18.6. The van der Waals surface area contributed by atoms with Crippen molar-refractivity contribution in [1.29, 1.82) is 0 Å². The molecule has 0 aliphatic rings. The lowest BCUT2D eigenvalue weighted by Crippen LogP contribution is -1.94. The molecule has 0 radical (unpaired) electrons. The lowest BCUT2D eigenvalue weighted by Gasteiger charge is -2.02. The van der Waals surface area contributed by atoms with Gasteiger partial charge in [0.15, 0.2) is 11.4 Å². The molecule has 0 unspecified atom stereocenters. The summed E-state index contributed by atoms with van der Waals surface area (Å²) in [6.45, 7) is 0.192. The summed E-state index contributed by atoms with van der Waals surface area (Å²) >= 11 is 0. The van der Waals surface area contributed by atoms with E-state index in [9.17, 15) is 9.90 Å². The first-order valence-electron chi connectivity index (χ1n) is 8.23. The standard InChI is InChI=1S/C20H15N3O4/c24-19(23-22-18-15-8-4-5-9-16(15)21-20(18)25)17-11-10-14(27-17)12-26-13-6-2-1-3-7-13/h1-11,21,25H,12H2. The van der Waals surface area contributed by atoms with Gasteiger partial charge in [0.2, 0.25) is 5.88 Å². The summed E-state index contributed by atoms with van der Waals surface area (Å²) < 4.78 is 11.0. The van der Waals surface area contributed by atoms with Gasteiger partial charge in [0.05, 0.1) is 5.52 Å². The van der Waals surface area contributed by atoms with Gasteiger partial charge in [-0.1, -0.05) is 36.4 Å². The summed E-state index contributed by atoms with van der Waals surface area (Å²) in [5.41, 5.74) is 0.910. The first-order chi connectivity index (χ1) is 13.2. The number of fused-ring (bicyclic) bond motifs is 1. The van der Waals surface area contributed by atoms with E-state index in [-0.39, 0.29) is 23.9 Å². The van der Waals surface area contributed by atoms with E-state index < -0.39 is 5.91 Å². The van der Waals surface area contributed by atoms with Crippen molar-refractivity contribution in [3.05, 3.63) is 78.3 Å². The number of rotatable bonds is 5. The van der Waals surface area contributed by atoms with Crippen LogP contribution in [0.2, 0.25) is 0 Å². The van der Waals surface area contributed by atoms with Crippen molar-refractivity contribution in [3.63, 3.8) is 0 Å². The molecule has 2 heterocycles. The van der Waals surface area contributed by atoms with Gasteiger partial charge in [-0.2, -0.15) is 0 Å². The Morgan fingerprint density at radius 1 is 1.04 bits per heavy atom. The van der Waals surface area contributed by atoms with Crippen molar-refractivity contribution in [1.82, 2.24) is 4.98 Å². The van der Waals surface area contributed by atoms with E-state index in [2.05, 4.69) is 15.2 Å². The Bertz CT molecular complexity index is 1110. The van der Waals surface area contributed by atoms with E-state index in [0.717, 1.165) is 0 Å². The van der Waals surface area contributed by atoms with Gasteiger partial charge in [0, 0.05) is 5.39 Å². The molecule has 134 valence electrons. The normalized spacial score (nSPS) is 11.3. The Balaban J connectivity index is 1.46. The average molecular weight is 361 g/mol. The number of para-hydroxylation sites is 2. The fraction of sp³-hybridized carbons (Fsp3) is 0.0500. The van der Waals surface area contributed by atoms with Crippen LogP contribution in [-0.2, 0) is 6.61 Å². The van der Waals surface area contributed by atoms with E-state index in [1.807, 2.05) is 42.5 Å². The minimum Gasteiger partial charge on any atom is -0.493 e. The molecule has 7 nitrogen and oxygen atoms in total. The van der Waals surface area contributed by atoms with Crippen LogP contribution in [0.4, 0.5) is 5.69 Å². The van der Waals surface area contributed by atoms with E-state index in [4.69, 9.17) is 9.15 Å². The van der Waals surface area contributed by atoms with Crippen molar-refractivity contribution >= 4 is 22.5 Å². The number of aromatic amines is 1. The van der Waals surface area contributed by atoms with Gasteiger partial charge in [-0.25, -0.2) is 0 Å². The predicted molar refractivity (Wildman–Crippen MR) is 98.3 cm³/mol. The summed E-state index contributed by atoms with van der Waals surface area (Å²) in [7, 11) is 0. The number of nitrogens with one attached hydrogen (secondary N) is 1. The maximum atomic E-state index is 12.2. The summed E-state index contributed by atoms with van der Waals surface area (Å²) in [4.78, 5) is 15.0. The van der Waals surface area contributed by atoms with Crippen molar-refractivity contribution < 1.29 is 19.1 Å². The van der Waals surface area contributed by atoms with Crippen LogP contribution in [-0.4, -0.2) is 16.0 Å². The van der Waals surface area contributed by atoms with Crippen LogP contribution in [0, 0.1) is 0 Å². The highest BCUT2D eigenvalue weighted by Gasteiger charge is 2.13. The van der Waals surface area contributed by atoms with Crippen LogP contribution in [0.3, 0.4) is 0 Å². The molecular weight excluding hydrogens is 346 g/mol. The zero-order valence-electron chi connectivity index (χ0n) is 14.1. The number of ether oxygens (including phenoxy) is 1. The number of furan rings is 1. The van der Waals surface area contributed by atoms with E-state index in [1.54, 1.807) is 18.2 Å². The number of benzene rings is 2. The monoisotopic (exact) mass is 361 g/mol. The van der Waals surface area contributed by atoms with Gasteiger partial charge in [0.1, 0.15) is 18.1 Å². The number of H-pyrrole nitrogens is 1. The second kappa shape index (κ2) is 7.17. The third-order valence-electron chi connectivity index (χ3n) is 3.90. The fourth-order valence-corrected chi connectivity index (χ4v) is 2.60. The smallest absolute Gasteiger partial charge is 0.331 e. The van der Waals surface area contributed by atoms with Crippen molar-refractivity contribution in [3.8, 4) is 11.6 Å². The van der Waals surface area contributed by atoms with E-state index >= 15 is 0 Å². The van der Waals surface area contributed by atoms with Crippen LogP contribution in [0.5, 0.6) is 11.6 Å². The lowest BCUT2D eigenvalue weighted by molar-refractivity contribution is 0.0964. The molecule has 0 saturated heterocycles. The Hall–Kier alpha value is -3.87. The molecule has 1 amide bonds. The minimum absolute atomic E-state index is 0.0461. The third kappa shape index (κ3) is 3.57. The Morgan fingerprint density at radius 3 is 2.67 bits per heavy atom. The molecule has 0 saturated carbocycles. The number of azo groups is 1. The van der Waals surface area contributed by atoms with Gasteiger partial charge in [-0.05, 0) is 30.3 Å². The first kappa shape index (κ1) is 16.6. The Kier molecular flexibility index (Phi) is 4.40. The summed E-state index contributed by atoms with van der Waals surface area (Å²) in [6, 6.07) is 19.7. The van der Waals surface area contributed by atoms with Crippen molar-refractivity contribution in [2.45, 2.75) is 6.61 Å². The molecular formula is C20H15N3O4. The SMILES string of the molecule is O=C(N=Nc1c(O)[nH]c2ccccc12)c1ccc(COc2ccccc2)o1. The van der Waals surface area contributed by atoms with Gasteiger partial charge in [-0.3, -0.25) is 4.79 Å². The van der Waals surface area contributed by atoms with Gasteiger partial charge >= 0.3 is 5.91 Å². The molecule has 2 N–H and O–H groups in total.